The van der Waals surface area contributed by atoms with E-state index in [1.165, 1.54) is 12.8 Å². The van der Waals surface area contributed by atoms with Gasteiger partial charge in [0.2, 0.25) is 10.0 Å². The molecule has 0 aromatic rings. The van der Waals surface area contributed by atoms with Gasteiger partial charge in [0.25, 0.3) is 0 Å². The number of sulfonamides is 1. The van der Waals surface area contributed by atoms with Gasteiger partial charge in [-0.25, -0.2) is 8.42 Å². The van der Waals surface area contributed by atoms with E-state index in [2.05, 4.69) is 6.92 Å². The second kappa shape index (κ2) is 6.75. The number of rotatable bonds is 7. The summed E-state index contributed by atoms with van der Waals surface area (Å²) in [6.45, 7) is 3.16. The molecule has 2 N–H and O–H groups in total. The third kappa shape index (κ3) is 3.74. The molecule has 0 aromatic carbocycles. The summed E-state index contributed by atoms with van der Waals surface area (Å²) >= 11 is 0. The van der Waals surface area contributed by atoms with Crippen LogP contribution < -0.4 is 5.73 Å². The predicted octanol–water partition coefficient (Wildman–Crippen LogP) is 2.49. The molecule has 0 atom stereocenters. The molecule has 0 unspecified atom stereocenters. The van der Waals surface area contributed by atoms with Gasteiger partial charge in [0.05, 0.1) is 5.75 Å². The minimum absolute atomic E-state index is 0.305. The first-order valence-corrected chi connectivity index (χ1v) is 9.85. The summed E-state index contributed by atoms with van der Waals surface area (Å²) < 4.78 is 27.4. The van der Waals surface area contributed by atoms with Gasteiger partial charge in [-0.3, -0.25) is 0 Å². The maximum absolute atomic E-state index is 12.8. The number of nitrogens with zero attached hydrogens (tertiary/aromatic N) is 1. The predicted molar refractivity (Wildman–Crippen MR) is 83.0 cm³/mol. The second-order valence-electron chi connectivity index (χ2n) is 6.64. The molecular formula is C15H30N2O2S. The van der Waals surface area contributed by atoms with Crippen LogP contribution in [0.3, 0.4) is 0 Å². The molecule has 0 aliphatic heterocycles. The van der Waals surface area contributed by atoms with Crippen LogP contribution in [-0.4, -0.2) is 37.1 Å². The van der Waals surface area contributed by atoms with E-state index in [0.29, 0.717) is 24.8 Å². The highest BCUT2D eigenvalue weighted by Crippen LogP contribution is 2.37. The Morgan fingerprint density at radius 3 is 2.20 bits per heavy atom. The summed E-state index contributed by atoms with van der Waals surface area (Å²) in [5, 5.41) is 0. The quantitative estimate of drug-likeness (QED) is 0.735. The Bertz CT molecular complexity index is 396. The van der Waals surface area contributed by atoms with Crippen LogP contribution in [0.15, 0.2) is 0 Å². The molecule has 2 aliphatic carbocycles. The third-order valence-electron chi connectivity index (χ3n) is 4.85. The summed E-state index contributed by atoms with van der Waals surface area (Å²) in [7, 11) is -3.15. The zero-order chi connectivity index (χ0) is 14.6. The molecule has 2 aliphatic rings. The van der Waals surface area contributed by atoms with Gasteiger partial charge in [-0.2, -0.15) is 4.31 Å². The van der Waals surface area contributed by atoms with Gasteiger partial charge in [0.1, 0.15) is 0 Å². The van der Waals surface area contributed by atoms with Crippen LogP contribution in [0.1, 0.15) is 64.7 Å². The lowest BCUT2D eigenvalue weighted by atomic mass is 9.90. The Morgan fingerprint density at radius 2 is 1.75 bits per heavy atom. The van der Waals surface area contributed by atoms with E-state index in [-0.39, 0.29) is 5.54 Å². The largest absolute Gasteiger partial charge is 0.329 e. The molecule has 4 nitrogen and oxygen atoms in total. The average molecular weight is 302 g/mol. The Kier molecular flexibility index (Phi) is 5.49. The highest BCUT2D eigenvalue weighted by atomic mass is 32.2. The zero-order valence-corrected chi connectivity index (χ0v) is 13.6. The highest BCUT2D eigenvalue weighted by Gasteiger charge is 2.43. The molecule has 0 amide bonds. The Balaban J connectivity index is 2.23. The molecule has 0 saturated heterocycles. The topological polar surface area (TPSA) is 63.4 Å². The molecule has 0 aromatic heterocycles. The molecule has 118 valence electrons. The molecule has 0 bridgehead atoms. The van der Waals surface area contributed by atoms with E-state index in [9.17, 15) is 8.42 Å². The fourth-order valence-electron chi connectivity index (χ4n) is 3.49. The molecule has 2 saturated carbocycles. The first-order valence-electron chi connectivity index (χ1n) is 8.25. The molecular weight excluding hydrogens is 272 g/mol. The molecule has 0 heterocycles. The van der Waals surface area contributed by atoms with Crippen LogP contribution in [0.4, 0.5) is 0 Å². The Morgan fingerprint density at radius 1 is 1.15 bits per heavy atom. The van der Waals surface area contributed by atoms with Crippen molar-refractivity contribution in [2.24, 2.45) is 11.7 Å². The summed E-state index contributed by atoms with van der Waals surface area (Å²) in [4.78, 5) is 0. The van der Waals surface area contributed by atoms with Crippen LogP contribution in [-0.2, 0) is 10.0 Å². The first kappa shape index (κ1) is 16.2. The molecule has 2 rings (SSSR count). The van der Waals surface area contributed by atoms with Gasteiger partial charge >= 0.3 is 0 Å². The number of hydrogen-bond acceptors (Lipinski definition) is 3. The fourth-order valence-corrected chi connectivity index (χ4v) is 5.91. The van der Waals surface area contributed by atoms with Gasteiger partial charge < -0.3 is 5.73 Å². The van der Waals surface area contributed by atoms with E-state index in [0.717, 1.165) is 44.9 Å². The smallest absolute Gasteiger partial charge is 0.214 e. The minimum atomic E-state index is -3.15. The van der Waals surface area contributed by atoms with Crippen molar-refractivity contribution < 1.29 is 8.42 Å². The maximum Gasteiger partial charge on any atom is 0.214 e. The molecule has 5 heteroatoms. The van der Waals surface area contributed by atoms with E-state index in [4.69, 9.17) is 5.73 Å². The standard InChI is InChI=1S/C15H30N2O2S/c1-2-11-17(20(18,19)12-14-7-8-14)15(13-16)9-5-3-4-6-10-15/h14H,2-13,16H2,1H3. The maximum atomic E-state index is 12.8. The van der Waals surface area contributed by atoms with Gasteiger partial charge in [0, 0.05) is 18.6 Å². The monoisotopic (exact) mass is 302 g/mol. The van der Waals surface area contributed by atoms with Crippen molar-refractivity contribution in [3.05, 3.63) is 0 Å². The zero-order valence-electron chi connectivity index (χ0n) is 12.8. The minimum Gasteiger partial charge on any atom is -0.329 e. The third-order valence-corrected chi connectivity index (χ3v) is 6.98. The lowest BCUT2D eigenvalue weighted by Crippen LogP contribution is -2.57. The molecule has 0 spiro atoms. The normalized spacial score (nSPS) is 23.8. The van der Waals surface area contributed by atoms with Gasteiger partial charge in [-0.15, -0.1) is 0 Å². The summed E-state index contributed by atoms with van der Waals surface area (Å²) in [6, 6.07) is 0. The highest BCUT2D eigenvalue weighted by molar-refractivity contribution is 7.89. The Labute approximate surface area is 124 Å². The lowest BCUT2D eigenvalue weighted by molar-refractivity contribution is 0.167. The van der Waals surface area contributed by atoms with Crippen molar-refractivity contribution in [3.63, 3.8) is 0 Å². The van der Waals surface area contributed by atoms with Crippen LogP contribution in [0.5, 0.6) is 0 Å². The molecule has 0 radical (unpaired) electrons. The lowest BCUT2D eigenvalue weighted by Gasteiger charge is -2.42. The molecule has 20 heavy (non-hydrogen) atoms. The van der Waals surface area contributed by atoms with Crippen molar-refractivity contribution in [1.82, 2.24) is 4.31 Å². The summed E-state index contributed by atoms with van der Waals surface area (Å²) in [5.74, 6) is 0.745. The SMILES string of the molecule is CCCN(C1(CN)CCCCCC1)S(=O)(=O)CC1CC1. The first-order chi connectivity index (χ1) is 9.54. The van der Waals surface area contributed by atoms with Crippen LogP contribution in [0.25, 0.3) is 0 Å². The molecule has 2 fully saturated rings. The van der Waals surface area contributed by atoms with Crippen LogP contribution in [0, 0.1) is 5.92 Å². The fraction of sp³-hybridized carbons (Fsp3) is 1.00. The van der Waals surface area contributed by atoms with Crippen molar-refractivity contribution in [2.75, 3.05) is 18.8 Å². The van der Waals surface area contributed by atoms with E-state index < -0.39 is 10.0 Å². The number of nitrogens with two attached hydrogens (primary N) is 1. The van der Waals surface area contributed by atoms with E-state index in [1.54, 1.807) is 0 Å². The van der Waals surface area contributed by atoms with E-state index in [1.807, 2.05) is 4.31 Å². The van der Waals surface area contributed by atoms with Gasteiger partial charge in [-0.1, -0.05) is 32.6 Å². The van der Waals surface area contributed by atoms with Crippen LogP contribution in [0.2, 0.25) is 0 Å². The van der Waals surface area contributed by atoms with Gasteiger partial charge in [0.15, 0.2) is 0 Å². The van der Waals surface area contributed by atoms with Crippen molar-refractivity contribution in [2.45, 2.75) is 70.3 Å². The number of hydrogen-bond donors (Lipinski definition) is 1. The van der Waals surface area contributed by atoms with Crippen LogP contribution >= 0.6 is 0 Å². The Hall–Kier alpha value is -0.130. The second-order valence-corrected chi connectivity index (χ2v) is 8.57. The van der Waals surface area contributed by atoms with Crippen molar-refractivity contribution >= 4 is 10.0 Å². The van der Waals surface area contributed by atoms with Gasteiger partial charge in [-0.05, 0) is 38.0 Å². The van der Waals surface area contributed by atoms with Crippen molar-refractivity contribution in [3.8, 4) is 0 Å². The van der Waals surface area contributed by atoms with E-state index >= 15 is 0 Å². The average Bonchev–Trinajstić information content (AvgIpc) is 3.22. The summed E-state index contributed by atoms with van der Waals surface area (Å²) in [6.07, 6.45) is 9.54. The van der Waals surface area contributed by atoms with Crippen molar-refractivity contribution in [1.29, 1.82) is 0 Å². The summed E-state index contributed by atoms with van der Waals surface area (Å²) in [5.41, 5.74) is 5.77.